The first-order valence-electron chi connectivity index (χ1n) is 2.54. The molecule has 0 aliphatic carbocycles. The fraction of sp³-hybridized carbons (Fsp3) is 0.333. The summed E-state index contributed by atoms with van der Waals surface area (Å²) in [5.41, 5.74) is 2.20. The highest BCUT2D eigenvalue weighted by Crippen LogP contribution is 1.95. The summed E-state index contributed by atoms with van der Waals surface area (Å²) in [6, 6.07) is 0. The summed E-state index contributed by atoms with van der Waals surface area (Å²) < 4.78 is 0. The lowest BCUT2D eigenvalue weighted by molar-refractivity contribution is 1.06. The predicted octanol–water partition coefficient (Wildman–Crippen LogP) is 1.09. The maximum atomic E-state index is 3.97. The van der Waals surface area contributed by atoms with E-state index in [1.165, 1.54) is 0 Å². The molecular formula is C6H8N2. The van der Waals surface area contributed by atoms with Gasteiger partial charge in [-0.1, -0.05) is 0 Å². The molecule has 1 heterocycles. The number of hydrogen-bond acceptors (Lipinski definition) is 2. The summed E-state index contributed by atoms with van der Waals surface area (Å²) in [4.78, 5) is 7.80. The topological polar surface area (TPSA) is 25.8 Å². The molecule has 0 unspecified atom stereocenters. The summed E-state index contributed by atoms with van der Waals surface area (Å²) in [7, 11) is 0. The highest BCUT2D eigenvalue weighted by molar-refractivity contribution is 5.10. The number of rotatable bonds is 0. The van der Waals surface area contributed by atoms with Crippen molar-refractivity contribution in [3.63, 3.8) is 0 Å². The fourth-order valence-corrected chi connectivity index (χ4v) is 0.460. The quantitative estimate of drug-likeness (QED) is 0.497. The van der Waals surface area contributed by atoms with Gasteiger partial charge in [-0.2, -0.15) is 0 Å². The first-order valence-corrected chi connectivity index (χ1v) is 2.54. The van der Waals surface area contributed by atoms with Gasteiger partial charge in [0.1, 0.15) is 6.33 Å². The Bertz CT molecular complexity index is 163. The van der Waals surface area contributed by atoms with Gasteiger partial charge in [-0.05, 0) is 19.4 Å². The van der Waals surface area contributed by atoms with Crippen molar-refractivity contribution in [1.29, 1.82) is 0 Å². The molecule has 0 aromatic carbocycles. The van der Waals surface area contributed by atoms with Crippen LogP contribution in [0.15, 0.2) is 12.5 Å². The molecule has 42 valence electrons. The Hall–Kier alpha value is -0.920. The first kappa shape index (κ1) is 5.22. The van der Waals surface area contributed by atoms with Crippen LogP contribution in [0.25, 0.3) is 0 Å². The molecule has 1 rings (SSSR count). The normalized spacial score (nSPS) is 9.25. The molecule has 0 aliphatic heterocycles. The number of aromatic nitrogens is 2. The summed E-state index contributed by atoms with van der Waals surface area (Å²) in [5, 5.41) is 0. The monoisotopic (exact) mass is 108 g/mol. The van der Waals surface area contributed by atoms with Crippen LogP contribution < -0.4 is 0 Å². The maximum absolute atomic E-state index is 3.97. The van der Waals surface area contributed by atoms with Gasteiger partial charge in [-0.25, -0.2) is 9.97 Å². The van der Waals surface area contributed by atoms with E-state index in [4.69, 9.17) is 0 Å². The Balaban J connectivity index is 3.13. The van der Waals surface area contributed by atoms with Gasteiger partial charge in [0.2, 0.25) is 0 Å². The molecule has 0 bridgehead atoms. The summed E-state index contributed by atoms with van der Waals surface area (Å²) >= 11 is 0. The van der Waals surface area contributed by atoms with Gasteiger partial charge in [0.05, 0.1) is 0 Å². The molecule has 0 saturated carbocycles. The molecule has 0 aliphatic rings. The molecule has 0 atom stereocenters. The first-order chi connectivity index (χ1) is 3.80. The van der Waals surface area contributed by atoms with Gasteiger partial charge >= 0.3 is 0 Å². The molecule has 1 aromatic rings. The summed E-state index contributed by atoms with van der Waals surface area (Å²) in [6.45, 7) is 3.96. The van der Waals surface area contributed by atoms with Crippen molar-refractivity contribution < 1.29 is 0 Å². The Morgan fingerprint density at radius 2 is 2.12 bits per heavy atom. The van der Waals surface area contributed by atoms with E-state index in [0.717, 1.165) is 11.3 Å². The minimum Gasteiger partial charge on any atom is -0.245 e. The molecule has 8 heavy (non-hydrogen) atoms. The van der Waals surface area contributed by atoms with E-state index >= 15 is 0 Å². The minimum absolute atomic E-state index is 1.06. The van der Waals surface area contributed by atoms with Gasteiger partial charge in [0.25, 0.3) is 0 Å². The highest BCUT2D eigenvalue weighted by Gasteiger charge is 1.86. The van der Waals surface area contributed by atoms with Gasteiger partial charge in [-0.3, -0.25) is 0 Å². The standard InChI is InChI=1S/C6H8N2/c1-5-3-7-4-8-6(5)2/h3-4H,1-2H3. The number of hydrogen-bond donors (Lipinski definition) is 0. The van der Waals surface area contributed by atoms with Crippen molar-refractivity contribution in [2.75, 3.05) is 0 Å². The third-order valence-electron chi connectivity index (χ3n) is 1.16. The van der Waals surface area contributed by atoms with E-state index in [2.05, 4.69) is 9.97 Å². The van der Waals surface area contributed by atoms with E-state index in [1.54, 1.807) is 6.33 Å². The van der Waals surface area contributed by atoms with E-state index in [0.29, 0.717) is 0 Å². The average Bonchev–Trinajstić information content (AvgIpc) is 1.77. The van der Waals surface area contributed by atoms with Gasteiger partial charge in [0.15, 0.2) is 0 Å². The largest absolute Gasteiger partial charge is 0.245 e. The summed E-state index contributed by atoms with van der Waals surface area (Å²) in [5.74, 6) is 0. The lowest BCUT2D eigenvalue weighted by Crippen LogP contribution is -1.85. The lowest BCUT2D eigenvalue weighted by Gasteiger charge is -1.91. The highest BCUT2D eigenvalue weighted by atomic mass is 14.8. The SMILES string of the molecule is Cc1cncnc1C. The van der Waals surface area contributed by atoms with Gasteiger partial charge < -0.3 is 0 Å². The molecule has 0 saturated heterocycles. The van der Waals surface area contributed by atoms with Crippen molar-refractivity contribution in [3.05, 3.63) is 23.8 Å². The Morgan fingerprint density at radius 1 is 1.38 bits per heavy atom. The van der Waals surface area contributed by atoms with Crippen molar-refractivity contribution in [2.24, 2.45) is 0 Å². The van der Waals surface area contributed by atoms with E-state index in [1.807, 2.05) is 20.0 Å². The third-order valence-corrected chi connectivity index (χ3v) is 1.16. The Morgan fingerprint density at radius 3 is 2.50 bits per heavy atom. The smallest absolute Gasteiger partial charge is 0.115 e. The van der Waals surface area contributed by atoms with Crippen LogP contribution in [0.5, 0.6) is 0 Å². The molecule has 0 amide bonds. The zero-order chi connectivity index (χ0) is 5.98. The van der Waals surface area contributed by atoms with Crippen molar-refractivity contribution >= 4 is 0 Å². The second-order valence-corrected chi connectivity index (χ2v) is 1.79. The Labute approximate surface area is 48.6 Å². The zero-order valence-electron chi connectivity index (χ0n) is 5.05. The van der Waals surface area contributed by atoms with Crippen LogP contribution >= 0.6 is 0 Å². The Kier molecular flexibility index (Phi) is 1.24. The lowest BCUT2D eigenvalue weighted by atomic mass is 10.3. The second-order valence-electron chi connectivity index (χ2n) is 1.79. The van der Waals surface area contributed by atoms with E-state index < -0.39 is 0 Å². The van der Waals surface area contributed by atoms with Crippen LogP contribution in [0, 0.1) is 13.8 Å². The molecule has 0 spiro atoms. The summed E-state index contributed by atoms with van der Waals surface area (Å²) in [6.07, 6.45) is 3.37. The van der Waals surface area contributed by atoms with E-state index in [9.17, 15) is 0 Å². The number of aryl methyl sites for hydroxylation is 2. The second kappa shape index (κ2) is 1.90. The van der Waals surface area contributed by atoms with Crippen LogP contribution in [-0.2, 0) is 0 Å². The van der Waals surface area contributed by atoms with Gasteiger partial charge in [0, 0.05) is 11.9 Å². The molecule has 0 radical (unpaired) electrons. The molecular weight excluding hydrogens is 100 g/mol. The fourth-order valence-electron chi connectivity index (χ4n) is 0.460. The molecule has 2 heteroatoms. The molecule has 0 N–H and O–H groups in total. The van der Waals surface area contributed by atoms with Crippen LogP contribution in [0.1, 0.15) is 11.3 Å². The predicted molar refractivity (Wildman–Crippen MR) is 31.5 cm³/mol. The van der Waals surface area contributed by atoms with Crippen LogP contribution in [0.3, 0.4) is 0 Å². The van der Waals surface area contributed by atoms with E-state index in [-0.39, 0.29) is 0 Å². The minimum atomic E-state index is 1.06. The third kappa shape index (κ3) is 0.832. The van der Waals surface area contributed by atoms with Crippen molar-refractivity contribution in [3.8, 4) is 0 Å². The van der Waals surface area contributed by atoms with Crippen LogP contribution in [0.2, 0.25) is 0 Å². The van der Waals surface area contributed by atoms with Crippen molar-refractivity contribution in [2.45, 2.75) is 13.8 Å². The molecule has 0 fully saturated rings. The average molecular weight is 108 g/mol. The number of nitrogens with zero attached hydrogens (tertiary/aromatic N) is 2. The molecule has 1 aromatic heterocycles. The van der Waals surface area contributed by atoms with Crippen LogP contribution in [-0.4, -0.2) is 9.97 Å². The maximum Gasteiger partial charge on any atom is 0.115 e. The van der Waals surface area contributed by atoms with Crippen molar-refractivity contribution in [1.82, 2.24) is 9.97 Å². The zero-order valence-corrected chi connectivity index (χ0v) is 5.05. The van der Waals surface area contributed by atoms with Crippen LogP contribution in [0.4, 0.5) is 0 Å². The van der Waals surface area contributed by atoms with Gasteiger partial charge in [-0.15, -0.1) is 0 Å². The molecule has 2 nitrogen and oxygen atoms in total.